The van der Waals surface area contributed by atoms with Crippen LogP contribution in [0.4, 0.5) is 0 Å². The molecular formula is C15H31N3. The Morgan fingerprint density at radius 2 is 1.72 bits per heavy atom. The lowest BCUT2D eigenvalue weighted by molar-refractivity contribution is 0.158. The molecule has 106 valence electrons. The molecule has 1 aliphatic heterocycles. The fourth-order valence-corrected chi connectivity index (χ4v) is 2.86. The molecule has 1 saturated carbocycles. The minimum Gasteiger partial charge on any atom is -0.314 e. The van der Waals surface area contributed by atoms with E-state index in [0.29, 0.717) is 0 Å². The predicted octanol–water partition coefficient (Wildman–Crippen LogP) is 1.79. The van der Waals surface area contributed by atoms with Gasteiger partial charge in [0.25, 0.3) is 0 Å². The van der Waals surface area contributed by atoms with E-state index in [1.54, 1.807) is 0 Å². The molecule has 0 radical (unpaired) electrons. The lowest BCUT2D eigenvalue weighted by Crippen LogP contribution is -2.41. The molecule has 0 aromatic heterocycles. The van der Waals surface area contributed by atoms with E-state index in [2.05, 4.69) is 29.0 Å². The van der Waals surface area contributed by atoms with Crippen molar-refractivity contribution in [2.24, 2.45) is 5.92 Å². The third-order valence-electron chi connectivity index (χ3n) is 4.61. The molecule has 2 aliphatic rings. The Bertz CT molecular complexity index is 216. The second-order valence-corrected chi connectivity index (χ2v) is 5.99. The summed E-state index contributed by atoms with van der Waals surface area (Å²) in [6.07, 6.45) is 5.64. The molecule has 0 spiro atoms. The number of rotatable bonds is 8. The SMILES string of the molecule is CCN(CC)CCN1CCC(CNC2CC2)CC1. The Morgan fingerprint density at radius 3 is 2.28 bits per heavy atom. The van der Waals surface area contributed by atoms with Crippen molar-refractivity contribution in [3.63, 3.8) is 0 Å². The van der Waals surface area contributed by atoms with Crippen LogP contribution in [-0.4, -0.2) is 61.7 Å². The average molecular weight is 253 g/mol. The van der Waals surface area contributed by atoms with Crippen LogP contribution in [0.15, 0.2) is 0 Å². The maximum Gasteiger partial charge on any atom is 0.0109 e. The fraction of sp³-hybridized carbons (Fsp3) is 1.00. The third-order valence-corrected chi connectivity index (χ3v) is 4.61. The molecule has 0 bridgehead atoms. The van der Waals surface area contributed by atoms with Crippen molar-refractivity contribution in [1.29, 1.82) is 0 Å². The number of hydrogen-bond donors (Lipinski definition) is 1. The molecule has 0 amide bonds. The smallest absolute Gasteiger partial charge is 0.0109 e. The van der Waals surface area contributed by atoms with Crippen LogP contribution in [0.1, 0.15) is 39.5 Å². The van der Waals surface area contributed by atoms with E-state index in [4.69, 9.17) is 0 Å². The van der Waals surface area contributed by atoms with Crippen LogP contribution in [0.25, 0.3) is 0 Å². The van der Waals surface area contributed by atoms with Gasteiger partial charge in [0.2, 0.25) is 0 Å². The van der Waals surface area contributed by atoms with Crippen molar-refractivity contribution in [1.82, 2.24) is 15.1 Å². The summed E-state index contributed by atoms with van der Waals surface area (Å²) in [6.45, 7) is 13.3. The number of nitrogens with one attached hydrogen (secondary N) is 1. The van der Waals surface area contributed by atoms with Crippen molar-refractivity contribution in [2.75, 3.05) is 45.8 Å². The second-order valence-electron chi connectivity index (χ2n) is 5.99. The van der Waals surface area contributed by atoms with Crippen molar-refractivity contribution in [3.8, 4) is 0 Å². The summed E-state index contributed by atoms with van der Waals surface area (Å²) in [4.78, 5) is 5.19. The number of likely N-dealkylation sites (N-methyl/N-ethyl adjacent to an activating group) is 1. The van der Waals surface area contributed by atoms with E-state index in [1.165, 1.54) is 71.5 Å². The number of hydrogen-bond acceptors (Lipinski definition) is 3. The summed E-state index contributed by atoms with van der Waals surface area (Å²) in [7, 11) is 0. The maximum absolute atomic E-state index is 3.68. The highest BCUT2D eigenvalue weighted by Crippen LogP contribution is 2.21. The van der Waals surface area contributed by atoms with Gasteiger partial charge in [0, 0.05) is 19.1 Å². The van der Waals surface area contributed by atoms with Crippen molar-refractivity contribution in [3.05, 3.63) is 0 Å². The minimum atomic E-state index is 0.880. The average Bonchev–Trinajstić information content (AvgIpc) is 3.23. The van der Waals surface area contributed by atoms with E-state index in [0.717, 1.165) is 12.0 Å². The quantitative estimate of drug-likeness (QED) is 0.711. The van der Waals surface area contributed by atoms with Gasteiger partial charge in [0.1, 0.15) is 0 Å². The van der Waals surface area contributed by atoms with Gasteiger partial charge in [0.15, 0.2) is 0 Å². The van der Waals surface area contributed by atoms with Crippen LogP contribution in [0.5, 0.6) is 0 Å². The van der Waals surface area contributed by atoms with Gasteiger partial charge in [-0.3, -0.25) is 0 Å². The third kappa shape index (κ3) is 4.87. The highest BCUT2D eigenvalue weighted by Gasteiger charge is 2.24. The van der Waals surface area contributed by atoms with E-state index >= 15 is 0 Å². The molecule has 3 heteroatoms. The van der Waals surface area contributed by atoms with Gasteiger partial charge in [-0.15, -0.1) is 0 Å². The van der Waals surface area contributed by atoms with Gasteiger partial charge >= 0.3 is 0 Å². The Labute approximate surface area is 113 Å². The van der Waals surface area contributed by atoms with Gasteiger partial charge in [0.05, 0.1) is 0 Å². The normalized spacial score (nSPS) is 22.8. The summed E-state index contributed by atoms with van der Waals surface area (Å²) < 4.78 is 0. The standard InChI is InChI=1S/C15H31N3/c1-3-17(4-2)11-12-18-9-7-14(8-10-18)13-16-15-5-6-15/h14-16H,3-13H2,1-2H3. The van der Waals surface area contributed by atoms with Gasteiger partial charge in [-0.05, 0) is 64.3 Å². The molecule has 1 N–H and O–H groups in total. The molecule has 0 aromatic carbocycles. The Hall–Kier alpha value is -0.120. The molecule has 18 heavy (non-hydrogen) atoms. The molecular weight excluding hydrogens is 222 g/mol. The van der Waals surface area contributed by atoms with Gasteiger partial charge < -0.3 is 15.1 Å². The minimum absolute atomic E-state index is 0.880. The lowest BCUT2D eigenvalue weighted by Gasteiger charge is -2.33. The summed E-state index contributed by atoms with van der Waals surface area (Å²) in [5.74, 6) is 0.940. The van der Waals surface area contributed by atoms with E-state index < -0.39 is 0 Å². The van der Waals surface area contributed by atoms with Gasteiger partial charge in [-0.25, -0.2) is 0 Å². The van der Waals surface area contributed by atoms with Crippen molar-refractivity contribution >= 4 is 0 Å². The summed E-state index contributed by atoms with van der Waals surface area (Å²) in [5, 5.41) is 3.68. The lowest BCUT2D eigenvalue weighted by atomic mass is 9.97. The van der Waals surface area contributed by atoms with Gasteiger partial charge in [-0.2, -0.15) is 0 Å². The fourth-order valence-electron chi connectivity index (χ4n) is 2.86. The van der Waals surface area contributed by atoms with Crippen LogP contribution in [0.2, 0.25) is 0 Å². The first-order chi connectivity index (χ1) is 8.81. The first-order valence-electron chi connectivity index (χ1n) is 8.00. The zero-order chi connectivity index (χ0) is 12.8. The van der Waals surface area contributed by atoms with Crippen molar-refractivity contribution in [2.45, 2.75) is 45.6 Å². The maximum atomic E-state index is 3.68. The van der Waals surface area contributed by atoms with Crippen molar-refractivity contribution < 1.29 is 0 Å². The molecule has 0 atom stereocenters. The zero-order valence-corrected chi connectivity index (χ0v) is 12.3. The summed E-state index contributed by atoms with van der Waals surface area (Å²) in [5.41, 5.74) is 0. The highest BCUT2D eigenvalue weighted by molar-refractivity contribution is 4.83. The molecule has 2 rings (SSSR count). The largest absolute Gasteiger partial charge is 0.314 e. The van der Waals surface area contributed by atoms with E-state index in [9.17, 15) is 0 Å². The number of likely N-dealkylation sites (tertiary alicyclic amines) is 1. The van der Waals surface area contributed by atoms with Crippen LogP contribution < -0.4 is 5.32 Å². The van der Waals surface area contributed by atoms with E-state index in [1.807, 2.05) is 0 Å². The van der Waals surface area contributed by atoms with Crippen LogP contribution in [0.3, 0.4) is 0 Å². The Kier molecular flexibility index (Phi) is 5.93. The Morgan fingerprint density at radius 1 is 1.06 bits per heavy atom. The Balaban J connectivity index is 1.54. The highest BCUT2D eigenvalue weighted by atomic mass is 15.2. The number of piperidine rings is 1. The molecule has 0 aromatic rings. The first-order valence-corrected chi connectivity index (χ1v) is 8.00. The van der Waals surface area contributed by atoms with Crippen LogP contribution in [0, 0.1) is 5.92 Å². The van der Waals surface area contributed by atoms with E-state index in [-0.39, 0.29) is 0 Å². The zero-order valence-electron chi connectivity index (χ0n) is 12.3. The molecule has 1 heterocycles. The second kappa shape index (κ2) is 7.46. The molecule has 3 nitrogen and oxygen atoms in total. The molecule has 0 unspecified atom stereocenters. The van der Waals surface area contributed by atoms with Crippen LogP contribution >= 0.6 is 0 Å². The molecule has 1 saturated heterocycles. The predicted molar refractivity (Wildman–Crippen MR) is 78.0 cm³/mol. The summed E-state index contributed by atoms with van der Waals surface area (Å²) >= 11 is 0. The molecule has 1 aliphatic carbocycles. The summed E-state index contributed by atoms with van der Waals surface area (Å²) in [6, 6.07) is 0.880. The first kappa shape index (κ1) is 14.3. The van der Waals surface area contributed by atoms with Gasteiger partial charge in [-0.1, -0.05) is 13.8 Å². The number of nitrogens with zero attached hydrogens (tertiary/aromatic N) is 2. The topological polar surface area (TPSA) is 18.5 Å². The monoisotopic (exact) mass is 253 g/mol. The van der Waals surface area contributed by atoms with Crippen LogP contribution in [-0.2, 0) is 0 Å². The molecule has 2 fully saturated rings.